The van der Waals surface area contributed by atoms with Crippen molar-refractivity contribution in [3.05, 3.63) is 35.7 Å². The molecule has 23 heavy (non-hydrogen) atoms. The van der Waals surface area contributed by atoms with Gasteiger partial charge in [0, 0.05) is 24.3 Å². The van der Waals surface area contributed by atoms with Gasteiger partial charge in [0.05, 0.1) is 26.7 Å². The molecule has 0 unspecified atom stereocenters. The Morgan fingerprint density at radius 3 is 2.83 bits per heavy atom. The summed E-state index contributed by atoms with van der Waals surface area (Å²) in [7, 11) is -0.520. The summed E-state index contributed by atoms with van der Waals surface area (Å²) < 4.78 is 8.84. The van der Waals surface area contributed by atoms with E-state index in [1.807, 2.05) is 22.9 Å². The lowest BCUT2D eigenvalue weighted by Crippen LogP contribution is -2.10. The number of thiophene rings is 1. The molecule has 0 radical (unpaired) electrons. The fourth-order valence-corrected chi connectivity index (χ4v) is 4.05. The van der Waals surface area contributed by atoms with Crippen LogP contribution in [0.4, 0.5) is 0 Å². The number of fused-ring (bicyclic) bond motifs is 1. The normalized spacial score (nSPS) is 12.9. The standard InChI is InChI=1S/C16H20ClN3OS2/c1-23(2,3)9-8-21-11-20-7-6-19-16(20)14-10-13-15(22-14)12(17)4-5-18-13/h4-7,10H,8-9,11H2,1-3H3. The minimum Gasteiger partial charge on any atom is -0.360 e. The van der Waals surface area contributed by atoms with Gasteiger partial charge in [0.25, 0.3) is 0 Å². The zero-order valence-electron chi connectivity index (χ0n) is 13.5. The van der Waals surface area contributed by atoms with Crippen molar-refractivity contribution in [1.82, 2.24) is 14.5 Å². The Morgan fingerprint density at radius 1 is 1.26 bits per heavy atom. The summed E-state index contributed by atoms with van der Waals surface area (Å²) >= 11 is 7.85. The van der Waals surface area contributed by atoms with Crippen molar-refractivity contribution in [1.29, 1.82) is 0 Å². The van der Waals surface area contributed by atoms with Gasteiger partial charge in [0.1, 0.15) is 6.73 Å². The zero-order valence-corrected chi connectivity index (χ0v) is 15.8. The maximum atomic E-state index is 6.24. The number of rotatable bonds is 6. The number of halogens is 1. The molecule has 0 spiro atoms. The van der Waals surface area contributed by atoms with Crippen molar-refractivity contribution in [3.63, 3.8) is 0 Å². The number of ether oxygens (including phenoxy) is 1. The van der Waals surface area contributed by atoms with E-state index in [1.54, 1.807) is 23.7 Å². The number of pyridine rings is 1. The molecule has 3 rings (SSSR count). The first-order chi connectivity index (χ1) is 10.9. The van der Waals surface area contributed by atoms with E-state index in [-0.39, 0.29) is 0 Å². The topological polar surface area (TPSA) is 39.9 Å². The Labute approximate surface area is 146 Å². The van der Waals surface area contributed by atoms with Crippen molar-refractivity contribution in [3.8, 4) is 10.7 Å². The molecule has 0 N–H and O–H groups in total. The van der Waals surface area contributed by atoms with Gasteiger partial charge < -0.3 is 9.30 Å². The highest BCUT2D eigenvalue weighted by Crippen LogP contribution is 2.36. The summed E-state index contributed by atoms with van der Waals surface area (Å²) in [5.41, 5.74) is 0.907. The first kappa shape index (κ1) is 16.8. The molecule has 124 valence electrons. The molecular formula is C16H20ClN3OS2. The van der Waals surface area contributed by atoms with E-state index in [0.717, 1.165) is 38.3 Å². The average Bonchev–Trinajstić information content (AvgIpc) is 3.09. The third-order valence-electron chi connectivity index (χ3n) is 3.37. The average molecular weight is 370 g/mol. The van der Waals surface area contributed by atoms with Crippen LogP contribution in [0.2, 0.25) is 5.02 Å². The van der Waals surface area contributed by atoms with Gasteiger partial charge >= 0.3 is 0 Å². The lowest BCUT2D eigenvalue weighted by atomic mass is 10.3. The number of aromatic nitrogens is 3. The van der Waals surface area contributed by atoms with Crippen LogP contribution in [0.3, 0.4) is 0 Å². The highest BCUT2D eigenvalue weighted by atomic mass is 35.5. The van der Waals surface area contributed by atoms with Crippen LogP contribution in [0, 0.1) is 0 Å². The molecule has 0 atom stereocenters. The Balaban J connectivity index is 1.76. The molecule has 3 aromatic rings. The predicted octanol–water partition coefficient (Wildman–Crippen LogP) is 4.48. The van der Waals surface area contributed by atoms with Crippen LogP contribution in [-0.4, -0.2) is 45.7 Å². The smallest absolute Gasteiger partial charge is 0.151 e. The van der Waals surface area contributed by atoms with Crippen LogP contribution >= 0.6 is 33.0 Å². The SMILES string of the molecule is CS(C)(C)CCOCn1ccnc1-c1cc2nccc(Cl)c2s1. The number of nitrogens with zero attached hydrogens (tertiary/aromatic N) is 3. The van der Waals surface area contributed by atoms with Crippen LogP contribution in [-0.2, 0) is 11.5 Å². The van der Waals surface area contributed by atoms with Gasteiger partial charge in [0.15, 0.2) is 5.82 Å². The quantitative estimate of drug-likeness (QED) is 0.601. The molecular weight excluding hydrogens is 350 g/mol. The monoisotopic (exact) mass is 369 g/mol. The van der Waals surface area contributed by atoms with Crippen LogP contribution in [0.25, 0.3) is 20.9 Å². The van der Waals surface area contributed by atoms with Crippen molar-refractivity contribution in [2.75, 3.05) is 31.1 Å². The predicted molar refractivity (Wildman–Crippen MR) is 102 cm³/mol. The molecule has 7 heteroatoms. The van der Waals surface area contributed by atoms with Crippen molar-refractivity contribution >= 4 is 43.2 Å². The van der Waals surface area contributed by atoms with Crippen LogP contribution < -0.4 is 0 Å². The molecule has 0 aliphatic heterocycles. The number of imidazole rings is 1. The summed E-state index contributed by atoms with van der Waals surface area (Å²) in [5.74, 6) is 2.01. The van der Waals surface area contributed by atoms with Gasteiger partial charge in [-0.2, -0.15) is 0 Å². The summed E-state index contributed by atoms with van der Waals surface area (Å²) in [4.78, 5) is 9.88. The molecule has 0 bridgehead atoms. The lowest BCUT2D eigenvalue weighted by Gasteiger charge is -2.24. The molecule has 0 saturated carbocycles. The second-order valence-corrected chi connectivity index (χ2v) is 12.2. The van der Waals surface area contributed by atoms with Gasteiger partial charge in [-0.25, -0.2) is 15.0 Å². The van der Waals surface area contributed by atoms with E-state index in [0.29, 0.717) is 6.73 Å². The van der Waals surface area contributed by atoms with Crippen LogP contribution in [0.5, 0.6) is 0 Å². The maximum absolute atomic E-state index is 6.24. The molecule has 0 aliphatic rings. The number of hydrogen-bond acceptors (Lipinski definition) is 4. The first-order valence-electron chi connectivity index (χ1n) is 7.23. The third-order valence-corrected chi connectivity index (χ3v) is 6.34. The largest absolute Gasteiger partial charge is 0.360 e. The summed E-state index contributed by atoms with van der Waals surface area (Å²) in [6, 6.07) is 3.85. The van der Waals surface area contributed by atoms with E-state index in [4.69, 9.17) is 16.3 Å². The second kappa shape index (κ2) is 6.81. The highest BCUT2D eigenvalue weighted by Gasteiger charge is 2.12. The number of hydrogen-bond donors (Lipinski definition) is 0. The van der Waals surface area contributed by atoms with E-state index in [9.17, 15) is 0 Å². The van der Waals surface area contributed by atoms with Gasteiger partial charge in [-0.05, 0) is 30.9 Å². The van der Waals surface area contributed by atoms with Crippen molar-refractivity contribution < 1.29 is 4.74 Å². The summed E-state index contributed by atoms with van der Waals surface area (Å²) in [6.45, 7) is 1.29. The summed E-state index contributed by atoms with van der Waals surface area (Å²) in [6.07, 6.45) is 12.4. The Morgan fingerprint density at radius 2 is 2.09 bits per heavy atom. The molecule has 0 aromatic carbocycles. The second-order valence-electron chi connectivity index (χ2n) is 6.17. The zero-order chi connectivity index (χ0) is 16.4. The lowest BCUT2D eigenvalue weighted by molar-refractivity contribution is 0.0908. The molecule has 0 aliphatic carbocycles. The molecule has 0 saturated heterocycles. The van der Waals surface area contributed by atoms with Crippen LogP contribution in [0.15, 0.2) is 30.7 Å². The minimum absolute atomic E-state index is 0.514. The van der Waals surface area contributed by atoms with Crippen molar-refractivity contribution in [2.24, 2.45) is 0 Å². The Bertz CT molecular complexity index is 807. The van der Waals surface area contributed by atoms with Gasteiger partial charge in [-0.3, -0.25) is 4.98 Å². The minimum atomic E-state index is -0.520. The first-order valence-corrected chi connectivity index (χ1v) is 11.5. The van der Waals surface area contributed by atoms with Gasteiger partial charge in [0.2, 0.25) is 0 Å². The van der Waals surface area contributed by atoms with Gasteiger partial charge in [-0.1, -0.05) is 11.6 Å². The molecule has 0 fully saturated rings. The van der Waals surface area contributed by atoms with Gasteiger partial charge in [-0.15, -0.1) is 11.3 Å². The van der Waals surface area contributed by atoms with Crippen LogP contribution in [0.1, 0.15) is 0 Å². The Kier molecular flexibility index (Phi) is 4.96. The Hall–Kier alpha value is -1.08. The maximum Gasteiger partial charge on any atom is 0.151 e. The van der Waals surface area contributed by atoms with E-state index in [2.05, 4.69) is 28.7 Å². The molecule has 3 heterocycles. The fourth-order valence-electron chi connectivity index (χ4n) is 2.13. The van der Waals surface area contributed by atoms with E-state index in [1.165, 1.54) is 0 Å². The fraction of sp³-hybridized carbons (Fsp3) is 0.375. The van der Waals surface area contributed by atoms with E-state index >= 15 is 0 Å². The molecule has 3 aromatic heterocycles. The summed E-state index contributed by atoms with van der Waals surface area (Å²) in [5, 5.41) is 0.730. The van der Waals surface area contributed by atoms with E-state index < -0.39 is 10.0 Å². The molecule has 0 amide bonds. The van der Waals surface area contributed by atoms with Crippen molar-refractivity contribution in [2.45, 2.75) is 6.73 Å². The third kappa shape index (κ3) is 4.07. The highest BCUT2D eigenvalue weighted by molar-refractivity contribution is 8.32. The molecule has 4 nitrogen and oxygen atoms in total.